The van der Waals surface area contributed by atoms with Crippen molar-refractivity contribution in [2.24, 2.45) is 11.8 Å². The van der Waals surface area contributed by atoms with Gasteiger partial charge in [0.25, 0.3) is 0 Å². The summed E-state index contributed by atoms with van der Waals surface area (Å²) in [4.78, 5) is 6.64. The minimum atomic E-state index is 0.624. The van der Waals surface area contributed by atoms with E-state index in [2.05, 4.69) is 44.1 Å². The predicted molar refractivity (Wildman–Crippen MR) is 68.6 cm³/mol. The van der Waals surface area contributed by atoms with Gasteiger partial charge in [0.15, 0.2) is 0 Å². The Morgan fingerprint density at radius 3 is 3.12 bits per heavy atom. The number of halogens is 1. The molecule has 4 heteroatoms. The Bertz CT molecular complexity index is 396. The van der Waals surface area contributed by atoms with Gasteiger partial charge in [0, 0.05) is 38.1 Å². The maximum atomic E-state index is 4.13. The molecule has 0 saturated carbocycles. The second-order valence-electron chi connectivity index (χ2n) is 4.80. The third-order valence-electron chi connectivity index (χ3n) is 3.99. The van der Waals surface area contributed by atoms with Gasteiger partial charge in [-0.05, 0) is 40.8 Å². The van der Waals surface area contributed by atoms with Gasteiger partial charge in [-0.15, -0.1) is 0 Å². The molecule has 3 unspecified atom stereocenters. The fraction of sp³-hybridized carbons (Fsp3) is 0.583. The zero-order valence-corrected chi connectivity index (χ0v) is 10.9. The standard InChI is InChI=1S/C12H16BrN3/c1-8-10-5-15-4-9(10)7-16(8)12-2-3-14-6-11(12)13/h2-3,6,8-10,15H,4-5,7H2,1H3. The van der Waals surface area contributed by atoms with Gasteiger partial charge in [0.05, 0.1) is 10.2 Å². The first-order valence-corrected chi connectivity index (χ1v) is 6.63. The van der Waals surface area contributed by atoms with Crippen LogP contribution in [-0.4, -0.2) is 30.7 Å². The van der Waals surface area contributed by atoms with Crippen molar-refractivity contribution in [2.75, 3.05) is 24.5 Å². The van der Waals surface area contributed by atoms with Crippen molar-refractivity contribution in [1.29, 1.82) is 0 Å². The second-order valence-corrected chi connectivity index (χ2v) is 5.66. The summed E-state index contributed by atoms with van der Waals surface area (Å²) < 4.78 is 1.11. The molecule has 0 radical (unpaired) electrons. The van der Waals surface area contributed by atoms with Crippen LogP contribution in [0.4, 0.5) is 5.69 Å². The summed E-state index contributed by atoms with van der Waals surface area (Å²) in [6.45, 7) is 5.85. The number of fused-ring (bicyclic) bond motifs is 1. The van der Waals surface area contributed by atoms with Crippen molar-refractivity contribution in [1.82, 2.24) is 10.3 Å². The molecule has 1 aromatic heterocycles. The van der Waals surface area contributed by atoms with E-state index >= 15 is 0 Å². The van der Waals surface area contributed by atoms with Gasteiger partial charge in [-0.1, -0.05) is 0 Å². The van der Waals surface area contributed by atoms with Gasteiger partial charge in [0.1, 0.15) is 0 Å². The number of rotatable bonds is 1. The first-order valence-electron chi connectivity index (χ1n) is 5.84. The van der Waals surface area contributed by atoms with E-state index in [9.17, 15) is 0 Å². The zero-order chi connectivity index (χ0) is 11.1. The zero-order valence-electron chi connectivity index (χ0n) is 9.36. The number of hydrogen-bond acceptors (Lipinski definition) is 3. The van der Waals surface area contributed by atoms with Crippen LogP contribution in [-0.2, 0) is 0 Å². The molecule has 1 N–H and O–H groups in total. The lowest BCUT2D eigenvalue weighted by Gasteiger charge is -2.27. The first-order chi connectivity index (χ1) is 7.77. The van der Waals surface area contributed by atoms with E-state index in [0.717, 1.165) is 16.3 Å². The lowest BCUT2D eigenvalue weighted by Crippen LogP contribution is -2.33. The quantitative estimate of drug-likeness (QED) is 0.852. The Morgan fingerprint density at radius 1 is 1.50 bits per heavy atom. The molecule has 0 bridgehead atoms. The molecular weight excluding hydrogens is 266 g/mol. The molecular formula is C12H16BrN3. The van der Waals surface area contributed by atoms with Gasteiger partial charge in [-0.3, -0.25) is 4.98 Å². The van der Waals surface area contributed by atoms with E-state index in [1.807, 2.05) is 12.4 Å². The number of hydrogen-bond donors (Lipinski definition) is 1. The van der Waals surface area contributed by atoms with Crippen molar-refractivity contribution >= 4 is 21.6 Å². The minimum absolute atomic E-state index is 0.624. The highest BCUT2D eigenvalue weighted by Gasteiger charge is 2.42. The second kappa shape index (κ2) is 4.00. The molecule has 3 heterocycles. The summed E-state index contributed by atoms with van der Waals surface area (Å²) in [6.07, 6.45) is 3.76. The van der Waals surface area contributed by atoms with Gasteiger partial charge < -0.3 is 10.2 Å². The van der Waals surface area contributed by atoms with E-state index in [1.54, 1.807) is 0 Å². The van der Waals surface area contributed by atoms with Crippen molar-refractivity contribution in [3.05, 3.63) is 22.9 Å². The molecule has 2 saturated heterocycles. The molecule has 3 rings (SSSR count). The van der Waals surface area contributed by atoms with Crippen LogP contribution in [0.3, 0.4) is 0 Å². The highest BCUT2D eigenvalue weighted by molar-refractivity contribution is 9.10. The maximum Gasteiger partial charge on any atom is 0.0592 e. The lowest BCUT2D eigenvalue weighted by molar-refractivity contribution is 0.471. The van der Waals surface area contributed by atoms with E-state index in [0.29, 0.717) is 6.04 Å². The van der Waals surface area contributed by atoms with Gasteiger partial charge in [-0.25, -0.2) is 0 Å². The van der Waals surface area contributed by atoms with Crippen LogP contribution in [0.25, 0.3) is 0 Å². The Labute approximate surface area is 104 Å². The number of anilines is 1. The van der Waals surface area contributed by atoms with Crippen molar-refractivity contribution in [2.45, 2.75) is 13.0 Å². The van der Waals surface area contributed by atoms with Crippen LogP contribution >= 0.6 is 15.9 Å². The predicted octanol–water partition coefficient (Wildman–Crippen LogP) is 1.89. The van der Waals surface area contributed by atoms with E-state index in [-0.39, 0.29) is 0 Å². The fourth-order valence-corrected chi connectivity index (χ4v) is 3.56. The fourth-order valence-electron chi connectivity index (χ4n) is 3.09. The molecule has 0 aromatic carbocycles. The summed E-state index contributed by atoms with van der Waals surface area (Å²) in [5, 5.41) is 3.49. The SMILES string of the molecule is CC1C2CNCC2CN1c1ccncc1Br. The summed E-state index contributed by atoms with van der Waals surface area (Å²) in [5.74, 6) is 1.62. The van der Waals surface area contributed by atoms with E-state index in [1.165, 1.54) is 25.3 Å². The smallest absolute Gasteiger partial charge is 0.0592 e. The van der Waals surface area contributed by atoms with Crippen molar-refractivity contribution < 1.29 is 0 Å². The molecule has 3 nitrogen and oxygen atoms in total. The molecule has 16 heavy (non-hydrogen) atoms. The molecule has 0 aliphatic carbocycles. The van der Waals surface area contributed by atoms with E-state index in [4.69, 9.17) is 0 Å². The highest BCUT2D eigenvalue weighted by Crippen LogP contribution is 2.38. The lowest BCUT2D eigenvalue weighted by atomic mass is 9.95. The average molecular weight is 282 g/mol. The van der Waals surface area contributed by atoms with Gasteiger partial charge >= 0.3 is 0 Å². The summed E-state index contributed by atoms with van der Waals surface area (Å²) in [7, 11) is 0. The van der Waals surface area contributed by atoms with Crippen molar-refractivity contribution in [3.8, 4) is 0 Å². The van der Waals surface area contributed by atoms with Gasteiger partial charge in [0.2, 0.25) is 0 Å². The average Bonchev–Trinajstić information content (AvgIpc) is 2.83. The monoisotopic (exact) mass is 281 g/mol. The van der Waals surface area contributed by atoms with Crippen LogP contribution in [0.1, 0.15) is 6.92 Å². The number of pyridine rings is 1. The Hall–Kier alpha value is -0.610. The van der Waals surface area contributed by atoms with Crippen LogP contribution in [0, 0.1) is 11.8 Å². The number of aromatic nitrogens is 1. The summed E-state index contributed by atoms with van der Waals surface area (Å²) >= 11 is 3.59. The first kappa shape index (κ1) is 10.5. The van der Waals surface area contributed by atoms with Crippen molar-refractivity contribution in [3.63, 3.8) is 0 Å². The van der Waals surface area contributed by atoms with Gasteiger partial charge in [-0.2, -0.15) is 0 Å². The van der Waals surface area contributed by atoms with Crippen LogP contribution in [0.5, 0.6) is 0 Å². The summed E-state index contributed by atoms with van der Waals surface area (Å²) in [5.41, 5.74) is 1.29. The molecule has 2 aliphatic rings. The normalized spacial score (nSPS) is 33.1. The van der Waals surface area contributed by atoms with E-state index < -0.39 is 0 Å². The molecule has 2 fully saturated rings. The number of nitrogens with one attached hydrogen (secondary N) is 1. The van der Waals surface area contributed by atoms with Crippen LogP contribution < -0.4 is 10.2 Å². The Morgan fingerprint density at radius 2 is 2.38 bits per heavy atom. The van der Waals surface area contributed by atoms with Crippen LogP contribution in [0.15, 0.2) is 22.9 Å². The minimum Gasteiger partial charge on any atom is -0.367 e. The Kier molecular flexibility index (Phi) is 2.64. The third-order valence-corrected chi connectivity index (χ3v) is 4.61. The topological polar surface area (TPSA) is 28.2 Å². The molecule has 86 valence electrons. The summed E-state index contributed by atoms with van der Waals surface area (Å²) in [6, 6.07) is 2.73. The third kappa shape index (κ3) is 1.55. The highest BCUT2D eigenvalue weighted by atomic mass is 79.9. The van der Waals surface area contributed by atoms with Crippen LogP contribution in [0.2, 0.25) is 0 Å². The maximum absolute atomic E-state index is 4.13. The number of nitrogens with zero attached hydrogens (tertiary/aromatic N) is 2. The molecule has 0 amide bonds. The molecule has 3 atom stereocenters. The molecule has 0 spiro atoms. The molecule has 2 aliphatic heterocycles. The molecule has 1 aromatic rings. The Balaban J connectivity index is 1.89. The largest absolute Gasteiger partial charge is 0.367 e.